The normalized spacial score (nSPS) is 15.3. The van der Waals surface area contributed by atoms with Crippen molar-refractivity contribution < 1.29 is 45.8 Å². The molecule has 5 rings (SSSR count). The van der Waals surface area contributed by atoms with E-state index in [0.29, 0.717) is 36.3 Å². The zero-order chi connectivity index (χ0) is 35.7. The quantitative estimate of drug-likeness (QED) is 0.153. The minimum absolute atomic E-state index is 0.00623. The number of sulfone groups is 2. The lowest BCUT2D eigenvalue weighted by atomic mass is 9.81. The Kier molecular flexibility index (Phi) is 10.1. The highest BCUT2D eigenvalue weighted by atomic mass is 32.2. The number of nitrogens with one attached hydrogen (secondary N) is 1. The summed E-state index contributed by atoms with van der Waals surface area (Å²) in [6, 6.07) is 5.60. The third kappa shape index (κ3) is 7.23. The molecule has 1 fully saturated rings. The molecule has 0 amide bonds. The van der Waals surface area contributed by atoms with Crippen LogP contribution in [0, 0.1) is 23.0 Å². The van der Waals surface area contributed by atoms with Gasteiger partial charge in [0.15, 0.2) is 42.8 Å². The molecule has 3 aromatic rings. The van der Waals surface area contributed by atoms with Crippen LogP contribution in [-0.2, 0) is 41.1 Å². The molecule has 2 heterocycles. The van der Waals surface area contributed by atoms with Crippen molar-refractivity contribution in [2.45, 2.75) is 42.4 Å². The number of oxime groups is 1. The van der Waals surface area contributed by atoms with Crippen molar-refractivity contribution in [3.63, 3.8) is 0 Å². The molecule has 18 heteroatoms. The summed E-state index contributed by atoms with van der Waals surface area (Å²) in [6.07, 6.45) is 4.26. The Balaban J connectivity index is 0.000000218. The van der Waals surface area contributed by atoms with Gasteiger partial charge in [0.2, 0.25) is 0 Å². The highest BCUT2D eigenvalue weighted by Crippen LogP contribution is 2.30. The average Bonchev–Trinajstić information content (AvgIpc) is 3.65. The summed E-state index contributed by atoms with van der Waals surface area (Å²) in [5.41, 5.74) is -0.0464. The molecule has 0 spiro atoms. The number of benzene rings is 2. The van der Waals surface area contributed by atoms with Gasteiger partial charge in [0.05, 0.1) is 26.0 Å². The predicted molar refractivity (Wildman–Crippen MR) is 169 cm³/mol. The molecule has 1 aromatic heterocycles. The van der Waals surface area contributed by atoms with E-state index in [1.165, 1.54) is 30.1 Å². The number of nitro groups is 1. The van der Waals surface area contributed by atoms with Crippen LogP contribution in [0.3, 0.4) is 0 Å². The molecule has 1 N–H and O–H groups in total. The number of carbonyl (C=O) groups is 4. The second kappa shape index (κ2) is 13.6. The molecule has 1 saturated carbocycles. The molecule has 1 aliphatic heterocycles. The van der Waals surface area contributed by atoms with Gasteiger partial charge in [-0.05, 0) is 43.2 Å². The second-order valence-corrected chi connectivity index (χ2v) is 15.2. The van der Waals surface area contributed by atoms with Crippen LogP contribution in [0.4, 0.5) is 5.69 Å². The Labute approximate surface area is 273 Å². The van der Waals surface area contributed by atoms with E-state index in [-0.39, 0.29) is 33.8 Å². The van der Waals surface area contributed by atoms with Gasteiger partial charge in [0.1, 0.15) is 18.1 Å². The lowest BCUT2D eigenvalue weighted by Gasteiger charge is -2.18. The van der Waals surface area contributed by atoms with Crippen LogP contribution in [0.15, 0.2) is 56.3 Å². The third-order valence-electron chi connectivity index (χ3n) is 7.76. The molecule has 1 aliphatic carbocycles. The van der Waals surface area contributed by atoms with Crippen molar-refractivity contribution in [3.8, 4) is 0 Å². The number of hydrogen-bond acceptors (Lipinski definition) is 13. The van der Waals surface area contributed by atoms with Gasteiger partial charge in [-0.1, -0.05) is 5.16 Å². The maximum Gasteiger partial charge on any atom is 0.281 e. The van der Waals surface area contributed by atoms with Crippen LogP contribution in [0.1, 0.15) is 63.1 Å². The minimum Gasteiger partial charge on any atom is -0.395 e. The molecule has 48 heavy (non-hydrogen) atoms. The lowest BCUT2D eigenvalue weighted by molar-refractivity contribution is -0.385. The molecule has 254 valence electrons. The Morgan fingerprint density at radius 3 is 2.08 bits per heavy atom. The van der Waals surface area contributed by atoms with E-state index in [9.17, 15) is 50.9 Å². The van der Waals surface area contributed by atoms with Crippen molar-refractivity contribution in [1.82, 2.24) is 9.78 Å². The van der Waals surface area contributed by atoms with Crippen LogP contribution in [0.25, 0.3) is 0 Å². The molecule has 0 unspecified atom stereocenters. The largest absolute Gasteiger partial charge is 0.395 e. The Hall–Kier alpha value is -5.10. The Morgan fingerprint density at radius 2 is 1.58 bits per heavy atom. The number of nitro benzene ring substituents is 1. The van der Waals surface area contributed by atoms with E-state index in [2.05, 4.69) is 10.3 Å². The van der Waals surface area contributed by atoms with E-state index in [1.54, 1.807) is 6.92 Å². The molecular formula is C30H30N4O12S2. The van der Waals surface area contributed by atoms with Crippen molar-refractivity contribution in [1.29, 1.82) is 0 Å². The first-order chi connectivity index (χ1) is 22.3. The SMILES string of the molecule is CS(=O)(=O)c1ccc(C(=O)C2C(=O)CCCC2=O)c([N+](=O)[O-])c1.Cc1c(C(=O)c2c[nH]n(C)c2=O)ccc(S(C)(=O)=O)c1C1=NOCC1. The molecule has 0 bridgehead atoms. The number of aromatic nitrogens is 2. The molecule has 0 saturated heterocycles. The summed E-state index contributed by atoms with van der Waals surface area (Å²) in [4.78, 5) is 75.9. The molecule has 2 aliphatic rings. The van der Waals surface area contributed by atoms with Crippen LogP contribution in [0.2, 0.25) is 0 Å². The first kappa shape index (κ1) is 35.7. The Bertz CT molecular complexity index is 2180. The molecule has 16 nitrogen and oxygen atoms in total. The van der Waals surface area contributed by atoms with Crippen molar-refractivity contribution in [3.05, 3.63) is 84.8 Å². The van der Waals surface area contributed by atoms with E-state index in [0.717, 1.165) is 30.7 Å². The van der Waals surface area contributed by atoms with E-state index >= 15 is 0 Å². The van der Waals surface area contributed by atoms with Crippen LogP contribution >= 0.6 is 0 Å². The number of H-pyrrole nitrogens is 1. The monoisotopic (exact) mass is 702 g/mol. The first-order valence-electron chi connectivity index (χ1n) is 14.2. The summed E-state index contributed by atoms with van der Waals surface area (Å²) in [7, 11) is -5.71. The van der Waals surface area contributed by atoms with Crippen LogP contribution < -0.4 is 5.56 Å². The van der Waals surface area contributed by atoms with Gasteiger partial charge in [-0.2, -0.15) is 0 Å². The molecule has 0 atom stereocenters. The van der Waals surface area contributed by atoms with Crippen LogP contribution in [-0.4, -0.2) is 79.5 Å². The second-order valence-electron chi connectivity index (χ2n) is 11.2. The first-order valence-corrected chi connectivity index (χ1v) is 18.0. The zero-order valence-electron chi connectivity index (χ0n) is 26.1. The Morgan fingerprint density at radius 1 is 0.958 bits per heavy atom. The van der Waals surface area contributed by atoms with Crippen molar-refractivity contribution >= 4 is 54.2 Å². The maximum atomic E-state index is 12.8. The van der Waals surface area contributed by atoms with Gasteiger partial charge in [-0.15, -0.1) is 0 Å². The number of carbonyl (C=O) groups excluding carboxylic acids is 4. The summed E-state index contributed by atoms with van der Waals surface area (Å²) in [5.74, 6) is -4.08. The van der Waals surface area contributed by atoms with E-state index < -0.39 is 70.5 Å². The highest BCUT2D eigenvalue weighted by Gasteiger charge is 2.39. The predicted octanol–water partition coefficient (Wildman–Crippen LogP) is 1.90. The van der Waals surface area contributed by atoms with Gasteiger partial charge in [-0.25, -0.2) is 16.8 Å². The van der Waals surface area contributed by atoms with E-state index in [1.807, 2.05) is 0 Å². The summed E-state index contributed by atoms with van der Waals surface area (Å²) >= 11 is 0. The molecule has 0 radical (unpaired) electrons. The van der Waals surface area contributed by atoms with Crippen molar-refractivity contribution in [2.75, 3.05) is 19.1 Å². The standard InChI is InChI=1S/C16H17N3O5S.C14H13NO7S/c1-9-10(15(20)11-8-17-19(2)16(11)21)4-5-13(25(3,22)23)14(9)12-6-7-24-18-12;1-23(21,22)8-5-6-9(10(7-8)15(19)20)14(18)13-11(16)3-2-4-12(13)17/h4-5,8,17H,6-7H2,1-3H3;5-7,13H,2-4H2,1H3. The summed E-state index contributed by atoms with van der Waals surface area (Å²) in [5, 5.41) is 17.7. The van der Waals surface area contributed by atoms with Crippen molar-refractivity contribution in [2.24, 2.45) is 18.1 Å². The fourth-order valence-electron chi connectivity index (χ4n) is 5.31. The topological polar surface area (TPSA) is 239 Å². The number of rotatable bonds is 8. The van der Waals surface area contributed by atoms with Gasteiger partial charge >= 0.3 is 0 Å². The van der Waals surface area contributed by atoms with Gasteiger partial charge in [0, 0.05) is 62.2 Å². The zero-order valence-corrected chi connectivity index (χ0v) is 27.8. The minimum atomic E-state index is -3.70. The number of aryl methyl sites for hydroxylation is 1. The summed E-state index contributed by atoms with van der Waals surface area (Å²) in [6.45, 7) is 2.00. The number of nitrogens with zero attached hydrogens (tertiary/aromatic N) is 3. The fourth-order valence-corrected chi connectivity index (χ4v) is 6.91. The molecule has 2 aromatic carbocycles. The summed E-state index contributed by atoms with van der Waals surface area (Å²) < 4.78 is 48.4. The number of aromatic amines is 1. The van der Waals surface area contributed by atoms with Crippen LogP contribution in [0.5, 0.6) is 0 Å². The third-order valence-corrected chi connectivity index (χ3v) is 10.0. The van der Waals surface area contributed by atoms with Gasteiger partial charge in [-0.3, -0.25) is 38.8 Å². The number of hydrogen-bond donors (Lipinski definition) is 1. The molecular weight excluding hydrogens is 672 g/mol. The fraction of sp³-hybridized carbons (Fsp3) is 0.333. The average molecular weight is 703 g/mol. The smallest absolute Gasteiger partial charge is 0.281 e. The van der Waals surface area contributed by atoms with E-state index in [4.69, 9.17) is 4.84 Å². The van der Waals surface area contributed by atoms with Gasteiger partial charge in [0.25, 0.3) is 11.2 Å². The highest BCUT2D eigenvalue weighted by molar-refractivity contribution is 7.91. The number of Topliss-reactive ketones (excluding diaryl/α,β-unsaturated/α-hetero) is 3. The van der Waals surface area contributed by atoms with Gasteiger partial charge < -0.3 is 9.94 Å². The lowest BCUT2D eigenvalue weighted by Crippen LogP contribution is -2.35. The maximum absolute atomic E-state index is 12.8. The number of ketones is 4.